The van der Waals surface area contributed by atoms with Crippen molar-refractivity contribution >= 4 is 22.6 Å². The SMILES string of the molecule is C=CCc1c(OCC(O)CN2CCN(Cc3ccc(Cl)cc3)CC2)ccc2c(OCc3ccccc3)cc(=O)oc12. The van der Waals surface area contributed by atoms with Crippen LogP contribution in [-0.4, -0.2) is 60.3 Å². The Balaban J connectivity index is 1.19. The molecular formula is C33H35ClN2O5. The highest BCUT2D eigenvalue weighted by Crippen LogP contribution is 2.33. The first-order chi connectivity index (χ1) is 20.0. The Morgan fingerprint density at radius 3 is 2.39 bits per heavy atom. The first kappa shape index (κ1) is 28.9. The number of fused-ring (bicyclic) bond motifs is 1. The number of benzene rings is 3. The molecule has 1 saturated heterocycles. The zero-order valence-corrected chi connectivity index (χ0v) is 23.8. The van der Waals surface area contributed by atoms with E-state index < -0.39 is 11.7 Å². The van der Waals surface area contributed by atoms with Crippen molar-refractivity contribution in [3.05, 3.63) is 118 Å². The summed E-state index contributed by atoms with van der Waals surface area (Å²) in [5.41, 5.74) is 2.84. The van der Waals surface area contributed by atoms with Gasteiger partial charge in [0, 0.05) is 49.9 Å². The van der Waals surface area contributed by atoms with E-state index in [9.17, 15) is 9.90 Å². The third kappa shape index (κ3) is 7.77. The number of piperazine rings is 1. The number of hydrogen-bond acceptors (Lipinski definition) is 7. The van der Waals surface area contributed by atoms with Crippen LogP contribution in [0, 0.1) is 0 Å². The summed E-state index contributed by atoms with van der Waals surface area (Å²) in [5.74, 6) is 1.000. The Bertz CT molecular complexity index is 1500. The molecule has 1 atom stereocenters. The minimum atomic E-state index is -0.669. The molecule has 8 heteroatoms. The fourth-order valence-corrected chi connectivity index (χ4v) is 5.20. The highest BCUT2D eigenvalue weighted by atomic mass is 35.5. The van der Waals surface area contributed by atoms with Gasteiger partial charge in [-0.3, -0.25) is 9.80 Å². The van der Waals surface area contributed by atoms with Crippen molar-refractivity contribution in [2.75, 3.05) is 39.3 Å². The average molecular weight is 575 g/mol. The van der Waals surface area contributed by atoms with E-state index in [0.29, 0.717) is 47.6 Å². The number of halogens is 1. The molecule has 214 valence electrons. The van der Waals surface area contributed by atoms with Crippen LogP contribution >= 0.6 is 11.6 Å². The van der Waals surface area contributed by atoms with E-state index in [1.54, 1.807) is 6.08 Å². The van der Waals surface area contributed by atoms with E-state index in [0.717, 1.165) is 43.3 Å². The van der Waals surface area contributed by atoms with Crippen molar-refractivity contribution in [1.29, 1.82) is 0 Å². The summed E-state index contributed by atoms with van der Waals surface area (Å²) in [4.78, 5) is 17.1. The number of aliphatic hydroxyl groups is 1. The van der Waals surface area contributed by atoms with Crippen LogP contribution in [0.5, 0.6) is 11.5 Å². The summed E-state index contributed by atoms with van der Waals surface area (Å²) in [6, 6.07) is 22.8. The van der Waals surface area contributed by atoms with Gasteiger partial charge in [0.05, 0.1) is 11.5 Å². The fourth-order valence-electron chi connectivity index (χ4n) is 5.08. The van der Waals surface area contributed by atoms with E-state index in [1.165, 1.54) is 11.6 Å². The molecule has 0 saturated carbocycles. The van der Waals surface area contributed by atoms with Crippen LogP contribution in [-0.2, 0) is 19.6 Å². The monoisotopic (exact) mass is 574 g/mol. The minimum absolute atomic E-state index is 0.120. The van der Waals surface area contributed by atoms with E-state index >= 15 is 0 Å². The lowest BCUT2D eigenvalue weighted by molar-refractivity contribution is 0.0444. The first-order valence-corrected chi connectivity index (χ1v) is 14.2. The van der Waals surface area contributed by atoms with Gasteiger partial charge in [-0.2, -0.15) is 0 Å². The summed E-state index contributed by atoms with van der Waals surface area (Å²) in [7, 11) is 0. The Morgan fingerprint density at radius 2 is 1.66 bits per heavy atom. The largest absolute Gasteiger partial charge is 0.490 e. The number of rotatable bonds is 12. The Hall–Kier alpha value is -3.62. The molecule has 0 spiro atoms. The van der Waals surface area contributed by atoms with Crippen LogP contribution in [0.4, 0.5) is 0 Å². The number of allylic oxidation sites excluding steroid dienone is 1. The molecule has 0 bridgehead atoms. The van der Waals surface area contributed by atoms with Crippen LogP contribution in [0.15, 0.2) is 94.7 Å². The number of β-amino-alcohol motifs (C(OH)–C–C–N with tert-alkyl or cyclic N) is 1. The number of ether oxygens (including phenoxy) is 2. The van der Waals surface area contributed by atoms with Gasteiger partial charge in [0.15, 0.2) is 0 Å². The fraction of sp³-hybridized carbons (Fsp3) is 0.303. The van der Waals surface area contributed by atoms with Gasteiger partial charge in [-0.25, -0.2) is 4.79 Å². The van der Waals surface area contributed by atoms with Gasteiger partial charge in [-0.1, -0.05) is 60.1 Å². The number of hydrogen-bond donors (Lipinski definition) is 1. The van der Waals surface area contributed by atoms with Crippen molar-refractivity contribution in [3.63, 3.8) is 0 Å². The Kier molecular flexibility index (Phi) is 9.75. The number of nitrogens with zero attached hydrogens (tertiary/aromatic N) is 2. The van der Waals surface area contributed by atoms with Gasteiger partial charge in [-0.15, -0.1) is 6.58 Å². The van der Waals surface area contributed by atoms with E-state index in [1.807, 2.05) is 54.6 Å². The lowest BCUT2D eigenvalue weighted by Gasteiger charge is -2.35. The van der Waals surface area contributed by atoms with Crippen molar-refractivity contribution in [2.24, 2.45) is 0 Å². The zero-order valence-electron chi connectivity index (χ0n) is 23.0. The molecule has 0 radical (unpaired) electrons. The maximum atomic E-state index is 12.4. The molecule has 2 heterocycles. The van der Waals surface area contributed by atoms with E-state index in [2.05, 4.69) is 28.5 Å². The molecule has 1 aliphatic heterocycles. The predicted octanol–water partition coefficient (Wildman–Crippen LogP) is 5.31. The van der Waals surface area contributed by atoms with Gasteiger partial charge < -0.3 is 19.0 Å². The quantitative estimate of drug-likeness (QED) is 0.181. The molecule has 0 aliphatic carbocycles. The molecule has 1 aromatic heterocycles. The summed E-state index contributed by atoms with van der Waals surface area (Å²) in [6.45, 7) is 9.32. The molecule has 7 nitrogen and oxygen atoms in total. The lowest BCUT2D eigenvalue weighted by Crippen LogP contribution is -2.48. The normalized spacial score (nSPS) is 15.1. The van der Waals surface area contributed by atoms with E-state index in [-0.39, 0.29) is 6.61 Å². The third-order valence-electron chi connectivity index (χ3n) is 7.20. The highest BCUT2D eigenvalue weighted by Gasteiger charge is 2.21. The number of aliphatic hydroxyl groups excluding tert-OH is 1. The van der Waals surface area contributed by atoms with Crippen LogP contribution in [0.2, 0.25) is 5.02 Å². The van der Waals surface area contributed by atoms with Crippen molar-refractivity contribution < 1.29 is 19.0 Å². The van der Waals surface area contributed by atoms with Crippen LogP contribution in [0.25, 0.3) is 11.0 Å². The zero-order chi connectivity index (χ0) is 28.6. The molecular weight excluding hydrogens is 540 g/mol. The molecule has 1 N–H and O–H groups in total. The Morgan fingerprint density at radius 1 is 0.927 bits per heavy atom. The summed E-state index contributed by atoms with van der Waals surface area (Å²) >= 11 is 6.00. The van der Waals surface area contributed by atoms with Gasteiger partial charge in [0.1, 0.15) is 36.4 Å². The summed E-state index contributed by atoms with van der Waals surface area (Å²) in [5, 5.41) is 12.2. The van der Waals surface area contributed by atoms with Crippen LogP contribution in [0.3, 0.4) is 0 Å². The van der Waals surface area contributed by atoms with Gasteiger partial charge in [-0.05, 0) is 41.8 Å². The van der Waals surface area contributed by atoms with Crippen LogP contribution in [0.1, 0.15) is 16.7 Å². The van der Waals surface area contributed by atoms with E-state index in [4.69, 9.17) is 25.5 Å². The van der Waals surface area contributed by atoms with Gasteiger partial charge >= 0.3 is 5.63 Å². The van der Waals surface area contributed by atoms with Crippen molar-refractivity contribution in [1.82, 2.24) is 9.80 Å². The summed E-state index contributed by atoms with van der Waals surface area (Å²) in [6.07, 6.45) is 1.50. The maximum Gasteiger partial charge on any atom is 0.339 e. The third-order valence-corrected chi connectivity index (χ3v) is 7.46. The molecule has 5 rings (SSSR count). The lowest BCUT2D eigenvalue weighted by atomic mass is 10.1. The maximum absolute atomic E-state index is 12.4. The topological polar surface area (TPSA) is 75.4 Å². The smallest absolute Gasteiger partial charge is 0.339 e. The van der Waals surface area contributed by atoms with Gasteiger partial charge in [0.2, 0.25) is 0 Å². The molecule has 4 aromatic rings. The molecule has 1 aliphatic rings. The second-order valence-corrected chi connectivity index (χ2v) is 10.7. The molecule has 1 unspecified atom stereocenters. The Labute approximate surface area is 245 Å². The van der Waals surface area contributed by atoms with Gasteiger partial charge in [0.25, 0.3) is 0 Å². The first-order valence-electron chi connectivity index (χ1n) is 13.9. The van der Waals surface area contributed by atoms with Crippen molar-refractivity contribution in [3.8, 4) is 11.5 Å². The molecule has 0 amide bonds. The standard InChI is InChI=1S/C33H35ClN2O5/c1-2-6-28-30(14-13-29-31(19-32(38)41-33(28)29)39-22-25-7-4-3-5-8-25)40-23-27(37)21-36-17-15-35(16-18-36)20-24-9-11-26(34)12-10-24/h2-5,7-14,19,27,37H,1,6,15-18,20-23H2. The second-order valence-electron chi connectivity index (χ2n) is 10.3. The minimum Gasteiger partial charge on any atom is -0.490 e. The predicted molar refractivity (Wildman–Crippen MR) is 162 cm³/mol. The summed E-state index contributed by atoms with van der Waals surface area (Å²) < 4.78 is 17.7. The average Bonchev–Trinajstić information content (AvgIpc) is 2.98. The van der Waals surface area contributed by atoms with Crippen LogP contribution < -0.4 is 15.1 Å². The molecule has 3 aromatic carbocycles. The van der Waals surface area contributed by atoms with Crippen molar-refractivity contribution in [2.45, 2.75) is 25.7 Å². The molecule has 41 heavy (non-hydrogen) atoms. The highest BCUT2D eigenvalue weighted by molar-refractivity contribution is 6.30. The second kappa shape index (κ2) is 13.8. The molecule has 1 fully saturated rings.